The van der Waals surface area contributed by atoms with E-state index >= 15 is 0 Å². The van der Waals surface area contributed by atoms with Gasteiger partial charge in [0, 0.05) is 17.8 Å². The molecule has 0 saturated heterocycles. The van der Waals surface area contributed by atoms with Crippen molar-refractivity contribution in [2.45, 2.75) is 45.6 Å². The first-order chi connectivity index (χ1) is 9.54. The normalized spacial score (nSPS) is 13.4. The van der Waals surface area contributed by atoms with Gasteiger partial charge in [0.2, 0.25) is 0 Å². The largest absolute Gasteiger partial charge is 0.304 e. The molecule has 0 saturated carbocycles. The van der Waals surface area contributed by atoms with Gasteiger partial charge >= 0.3 is 0 Å². The molecule has 1 N–H and O–H groups in total. The Bertz CT molecular complexity index is 532. The van der Waals surface area contributed by atoms with Crippen molar-refractivity contribution in [3.8, 4) is 0 Å². The minimum absolute atomic E-state index is 0.0119. The monoisotopic (exact) mass is 291 g/mol. The highest BCUT2D eigenvalue weighted by Crippen LogP contribution is 2.32. The van der Waals surface area contributed by atoms with E-state index in [1.54, 1.807) is 18.6 Å². The minimum Gasteiger partial charge on any atom is -0.304 e. The van der Waals surface area contributed by atoms with E-state index in [9.17, 15) is 0 Å². The Hall–Kier alpha value is -1.40. The molecule has 2 aromatic heterocycles. The van der Waals surface area contributed by atoms with Gasteiger partial charge in [-0.05, 0) is 24.5 Å². The Balaban J connectivity index is 2.40. The third-order valence-electron chi connectivity index (χ3n) is 2.96. The number of hydrogen-bond acceptors (Lipinski definition) is 6. The van der Waals surface area contributed by atoms with Crippen LogP contribution < -0.4 is 5.32 Å². The van der Waals surface area contributed by atoms with Gasteiger partial charge in [-0.15, -0.1) is 5.10 Å². The van der Waals surface area contributed by atoms with Crippen LogP contribution in [0.15, 0.2) is 18.6 Å². The Labute approximate surface area is 124 Å². The predicted octanol–water partition coefficient (Wildman–Crippen LogP) is 2.71. The standard InChI is InChI=1S/C14H21N5S/c1-5-6-17-11(10-9-15-7-8-16-10)12-13(14(2,3)4)18-19-20-12/h7-9,11,17H,5-6H2,1-4H3. The third-order valence-corrected chi connectivity index (χ3v) is 3.75. The number of nitrogens with zero attached hydrogens (tertiary/aromatic N) is 4. The van der Waals surface area contributed by atoms with Gasteiger partial charge in [-0.3, -0.25) is 9.97 Å². The number of aromatic nitrogens is 4. The van der Waals surface area contributed by atoms with E-state index in [-0.39, 0.29) is 11.5 Å². The van der Waals surface area contributed by atoms with Crippen LogP contribution in [0.2, 0.25) is 0 Å². The Morgan fingerprint density at radius 1 is 1.30 bits per heavy atom. The highest BCUT2D eigenvalue weighted by Gasteiger charge is 2.28. The van der Waals surface area contributed by atoms with Gasteiger partial charge in [0.15, 0.2) is 0 Å². The van der Waals surface area contributed by atoms with Crippen molar-refractivity contribution in [2.24, 2.45) is 0 Å². The van der Waals surface area contributed by atoms with E-state index in [1.165, 1.54) is 11.5 Å². The molecule has 5 nitrogen and oxygen atoms in total. The van der Waals surface area contributed by atoms with Crippen LogP contribution in [0.1, 0.15) is 56.4 Å². The molecule has 2 heterocycles. The smallest absolute Gasteiger partial charge is 0.0896 e. The summed E-state index contributed by atoms with van der Waals surface area (Å²) in [5.41, 5.74) is 1.91. The van der Waals surface area contributed by atoms with E-state index in [4.69, 9.17) is 0 Å². The highest BCUT2D eigenvalue weighted by atomic mass is 32.1. The molecule has 1 atom stereocenters. The fraction of sp³-hybridized carbons (Fsp3) is 0.571. The Morgan fingerprint density at radius 3 is 2.70 bits per heavy atom. The van der Waals surface area contributed by atoms with E-state index < -0.39 is 0 Å². The fourth-order valence-electron chi connectivity index (χ4n) is 1.99. The first-order valence-corrected chi connectivity index (χ1v) is 7.63. The maximum atomic E-state index is 4.44. The van der Waals surface area contributed by atoms with Gasteiger partial charge in [-0.2, -0.15) is 0 Å². The van der Waals surface area contributed by atoms with E-state index in [0.29, 0.717) is 0 Å². The lowest BCUT2D eigenvalue weighted by molar-refractivity contribution is 0.533. The molecule has 0 aromatic carbocycles. The van der Waals surface area contributed by atoms with Crippen LogP contribution in [-0.2, 0) is 5.41 Å². The van der Waals surface area contributed by atoms with Crippen LogP contribution in [0.4, 0.5) is 0 Å². The molecule has 0 aliphatic heterocycles. The fourth-order valence-corrected chi connectivity index (χ4v) is 2.94. The SMILES string of the molecule is CCCNC(c1cnccn1)c1snnc1C(C)(C)C. The lowest BCUT2D eigenvalue weighted by Crippen LogP contribution is -2.26. The summed E-state index contributed by atoms with van der Waals surface area (Å²) in [7, 11) is 0. The molecule has 2 rings (SSSR count). The molecule has 0 amide bonds. The van der Waals surface area contributed by atoms with Crippen LogP contribution in [-0.4, -0.2) is 26.1 Å². The van der Waals surface area contributed by atoms with Crippen LogP contribution >= 0.6 is 11.5 Å². The second-order valence-electron chi connectivity index (χ2n) is 5.75. The quantitative estimate of drug-likeness (QED) is 0.917. The lowest BCUT2D eigenvalue weighted by Gasteiger charge is -2.22. The van der Waals surface area contributed by atoms with Crippen LogP contribution in [0.5, 0.6) is 0 Å². The molecule has 2 aromatic rings. The van der Waals surface area contributed by atoms with Gasteiger partial charge in [-0.25, -0.2) is 0 Å². The molecule has 0 fully saturated rings. The average Bonchev–Trinajstić information content (AvgIpc) is 2.90. The minimum atomic E-state index is -0.0311. The zero-order valence-electron chi connectivity index (χ0n) is 12.4. The molecule has 0 bridgehead atoms. The van der Waals surface area contributed by atoms with Crippen molar-refractivity contribution >= 4 is 11.5 Å². The van der Waals surface area contributed by atoms with Gasteiger partial charge in [0.25, 0.3) is 0 Å². The van der Waals surface area contributed by atoms with E-state index in [2.05, 4.69) is 52.6 Å². The summed E-state index contributed by atoms with van der Waals surface area (Å²) < 4.78 is 4.15. The summed E-state index contributed by atoms with van der Waals surface area (Å²) in [5.74, 6) is 0. The summed E-state index contributed by atoms with van der Waals surface area (Å²) in [6.45, 7) is 9.53. The third kappa shape index (κ3) is 3.37. The molecule has 6 heteroatoms. The van der Waals surface area contributed by atoms with Gasteiger partial charge in [0.05, 0.1) is 28.5 Å². The van der Waals surface area contributed by atoms with Crippen molar-refractivity contribution in [3.63, 3.8) is 0 Å². The van der Waals surface area contributed by atoms with Gasteiger partial charge in [-0.1, -0.05) is 32.2 Å². The number of hydrogen-bond donors (Lipinski definition) is 1. The molecule has 1 unspecified atom stereocenters. The lowest BCUT2D eigenvalue weighted by atomic mass is 9.89. The Kier molecular flexibility index (Phi) is 4.77. The van der Waals surface area contributed by atoms with Crippen molar-refractivity contribution in [1.29, 1.82) is 0 Å². The predicted molar refractivity (Wildman–Crippen MR) is 80.8 cm³/mol. The summed E-state index contributed by atoms with van der Waals surface area (Å²) >= 11 is 1.44. The maximum Gasteiger partial charge on any atom is 0.0896 e. The van der Waals surface area contributed by atoms with Crippen molar-refractivity contribution in [3.05, 3.63) is 34.9 Å². The topological polar surface area (TPSA) is 63.6 Å². The zero-order chi connectivity index (χ0) is 14.6. The van der Waals surface area contributed by atoms with E-state index in [1.807, 2.05) is 0 Å². The molecule has 0 spiro atoms. The molecule has 0 radical (unpaired) electrons. The van der Waals surface area contributed by atoms with E-state index in [0.717, 1.165) is 29.2 Å². The summed E-state index contributed by atoms with van der Waals surface area (Å²) in [6, 6.07) is 0.0119. The zero-order valence-corrected chi connectivity index (χ0v) is 13.2. The average molecular weight is 291 g/mol. The number of nitrogens with one attached hydrogen (secondary N) is 1. The molecule has 20 heavy (non-hydrogen) atoms. The summed E-state index contributed by atoms with van der Waals surface area (Å²) in [6.07, 6.45) is 6.28. The molecule has 108 valence electrons. The summed E-state index contributed by atoms with van der Waals surface area (Å²) in [4.78, 5) is 9.74. The molecular formula is C14H21N5S. The van der Waals surface area contributed by atoms with Gasteiger partial charge in [0.1, 0.15) is 0 Å². The van der Waals surface area contributed by atoms with Crippen LogP contribution in [0.3, 0.4) is 0 Å². The Morgan fingerprint density at radius 2 is 2.10 bits per heavy atom. The second-order valence-corrected chi connectivity index (χ2v) is 6.54. The first kappa shape index (κ1) is 15.0. The maximum absolute atomic E-state index is 4.44. The van der Waals surface area contributed by atoms with Crippen LogP contribution in [0, 0.1) is 0 Å². The van der Waals surface area contributed by atoms with Crippen LogP contribution in [0.25, 0.3) is 0 Å². The van der Waals surface area contributed by atoms with Gasteiger partial charge < -0.3 is 5.32 Å². The number of rotatable bonds is 5. The van der Waals surface area contributed by atoms with Crippen molar-refractivity contribution in [2.75, 3.05) is 6.54 Å². The van der Waals surface area contributed by atoms with Crippen molar-refractivity contribution in [1.82, 2.24) is 24.9 Å². The van der Waals surface area contributed by atoms with Crippen molar-refractivity contribution < 1.29 is 0 Å². The highest BCUT2D eigenvalue weighted by molar-refractivity contribution is 7.05. The molecule has 0 aliphatic carbocycles. The second kappa shape index (κ2) is 6.37. The summed E-state index contributed by atoms with van der Waals surface area (Å²) in [5, 5.41) is 7.85. The molecule has 0 aliphatic rings. The first-order valence-electron chi connectivity index (χ1n) is 6.86. The molecular weight excluding hydrogens is 270 g/mol.